The summed E-state index contributed by atoms with van der Waals surface area (Å²) in [5.74, 6) is 0. The molecule has 0 fully saturated rings. The molecule has 0 aliphatic rings. The van der Waals surface area contributed by atoms with E-state index in [1.165, 1.54) is 11.6 Å². The first-order valence-electron chi connectivity index (χ1n) is 9.77. The fraction of sp³-hybridized carbons (Fsp3) is 0.167. The van der Waals surface area contributed by atoms with Crippen molar-refractivity contribution in [1.82, 2.24) is 9.55 Å². The Kier molecular flexibility index (Phi) is 5.57. The van der Waals surface area contributed by atoms with E-state index in [0.29, 0.717) is 11.6 Å². The average molecular weight is 450 g/mol. The Labute approximate surface area is 186 Å². The summed E-state index contributed by atoms with van der Waals surface area (Å²) in [4.78, 5) is 4.34. The Bertz CT molecular complexity index is 1440. The molecule has 4 aromatic rings. The van der Waals surface area contributed by atoms with Crippen LogP contribution >= 0.6 is 11.6 Å². The number of benzene rings is 2. The van der Waals surface area contributed by atoms with Crippen LogP contribution in [0.15, 0.2) is 65.8 Å². The third-order valence-electron chi connectivity index (χ3n) is 5.32. The molecule has 4 rings (SSSR count). The standard InChI is InChI=1S/C24H20ClN3O2S/c1-3-20-21-12-19(25)7-8-22(21)28(24(20)17-5-4-10-27-14-17)15-16-6-9-23(31(2,29)30)18(11-16)13-26/h4-12,14H,3,15H2,1-2H3. The second-order valence-electron chi connectivity index (χ2n) is 7.38. The van der Waals surface area contributed by atoms with E-state index in [1.54, 1.807) is 18.3 Å². The minimum atomic E-state index is -3.48. The van der Waals surface area contributed by atoms with Gasteiger partial charge in [-0.25, -0.2) is 8.42 Å². The Hall–Kier alpha value is -3.14. The summed E-state index contributed by atoms with van der Waals surface area (Å²) in [6, 6.07) is 16.7. The highest BCUT2D eigenvalue weighted by molar-refractivity contribution is 7.90. The molecule has 2 heterocycles. The molecule has 0 unspecified atom stereocenters. The van der Waals surface area contributed by atoms with Gasteiger partial charge in [-0.1, -0.05) is 24.6 Å². The van der Waals surface area contributed by atoms with Crippen molar-refractivity contribution in [2.45, 2.75) is 24.8 Å². The van der Waals surface area contributed by atoms with E-state index in [2.05, 4.69) is 16.5 Å². The lowest BCUT2D eigenvalue weighted by atomic mass is 10.0. The van der Waals surface area contributed by atoms with Crippen LogP contribution in [-0.4, -0.2) is 24.2 Å². The summed E-state index contributed by atoms with van der Waals surface area (Å²) in [6.45, 7) is 2.58. The van der Waals surface area contributed by atoms with Gasteiger partial charge in [-0.15, -0.1) is 0 Å². The fourth-order valence-electron chi connectivity index (χ4n) is 4.02. The van der Waals surface area contributed by atoms with E-state index < -0.39 is 9.84 Å². The van der Waals surface area contributed by atoms with Gasteiger partial charge in [0.05, 0.1) is 16.2 Å². The maximum atomic E-state index is 12.0. The zero-order valence-electron chi connectivity index (χ0n) is 17.1. The molecule has 156 valence electrons. The fourth-order valence-corrected chi connectivity index (χ4v) is 5.01. The van der Waals surface area contributed by atoms with E-state index in [0.717, 1.165) is 40.4 Å². The maximum absolute atomic E-state index is 12.0. The molecule has 0 saturated carbocycles. The molecule has 0 aliphatic carbocycles. The molecule has 31 heavy (non-hydrogen) atoms. The lowest BCUT2D eigenvalue weighted by molar-refractivity contribution is 0.601. The highest BCUT2D eigenvalue weighted by Crippen LogP contribution is 2.36. The summed E-state index contributed by atoms with van der Waals surface area (Å²) in [6.07, 6.45) is 5.49. The largest absolute Gasteiger partial charge is 0.336 e. The first-order valence-corrected chi connectivity index (χ1v) is 12.0. The number of hydrogen-bond acceptors (Lipinski definition) is 4. The number of fused-ring (bicyclic) bond motifs is 1. The molecular weight excluding hydrogens is 430 g/mol. The zero-order chi connectivity index (χ0) is 22.2. The Morgan fingerprint density at radius 3 is 2.61 bits per heavy atom. The van der Waals surface area contributed by atoms with Crippen molar-refractivity contribution < 1.29 is 8.42 Å². The monoisotopic (exact) mass is 449 g/mol. The van der Waals surface area contributed by atoms with Crippen LogP contribution in [0.3, 0.4) is 0 Å². The summed E-state index contributed by atoms with van der Waals surface area (Å²) < 4.78 is 26.2. The number of aromatic nitrogens is 2. The van der Waals surface area contributed by atoms with Gasteiger partial charge in [0, 0.05) is 46.7 Å². The van der Waals surface area contributed by atoms with Crippen molar-refractivity contribution in [3.63, 3.8) is 0 Å². The number of aryl methyl sites for hydroxylation is 1. The third kappa shape index (κ3) is 3.95. The predicted molar refractivity (Wildman–Crippen MR) is 123 cm³/mol. The van der Waals surface area contributed by atoms with Crippen LogP contribution in [0.25, 0.3) is 22.2 Å². The van der Waals surface area contributed by atoms with Gasteiger partial charge in [-0.05, 0) is 60.0 Å². The van der Waals surface area contributed by atoms with E-state index in [1.807, 2.05) is 42.6 Å². The van der Waals surface area contributed by atoms with Gasteiger partial charge >= 0.3 is 0 Å². The first kappa shape index (κ1) is 21.1. The van der Waals surface area contributed by atoms with Crippen molar-refractivity contribution in [3.05, 3.63) is 82.6 Å². The SMILES string of the molecule is CCc1c(-c2cccnc2)n(Cc2ccc(S(C)(=O)=O)c(C#N)c2)c2ccc(Cl)cc12. The minimum Gasteiger partial charge on any atom is -0.336 e. The molecule has 0 amide bonds. The summed E-state index contributed by atoms with van der Waals surface area (Å²) >= 11 is 6.30. The number of nitriles is 1. The Morgan fingerprint density at radius 1 is 1.16 bits per heavy atom. The highest BCUT2D eigenvalue weighted by atomic mass is 35.5. The second kappa shape index (κ2) is 8.18. The lowest BCUT2D eigenvalue weighted by Gasteiger charge is -2.13. The van der Waals surface area contributed by atoms with E-state index in [-0.39, 0.29) is 10.5 Å². The number of nitrogens with zero attached hydrogens (tertiary/aromatic N) is 3. The van der Waals surface area contributed by atoms with Crippen LogP contribution in [0.2, 0.25) is 5.02 Å². The van der Waals surface area contributed by atoms with Gasteiger partial charge in [0.2, 0.25) is 0 Å². The van der Waals surface area contributed by atoms with E-state index >= 15 is 0 Å². The molecule has 2 aromatic carbocycles. The second-order valence-corrected chi connectivity index (χ2v) is 9.81. The molecule has 0 saturated heterocycles. The van der Waals surface area contributed by atoms with E-state index in [9.17, 15) is 13.7 Å². The molecule has 0 N–H and O–H groups in total. The number of pyridine rings is 1. The molecule has 2 aromatic heterocycles. The quantitative estimate of drug-likeness (QED) is 0.417. The smallest absolute Gasteiger partial charge is 0.176 e. The van der Waals surface area contributed by atoms with Crippen LogP contribution in [0, 0.1) is 11.3 Å². The van der Waals surface area contributed by atoms with Gasteiger partial charge in [0.1, 0.15) is 6.07 Å². The number of sulfone groups is 1. The molecule has 0 radical (unpaired) electrons. The highest BCUT2D eigenvalue weighted by Gasteiger charge is 2.19. The van der Waals surface area contributed by atoms with Crippen LogP contribution in [-0.2, 0) is 22.8 Å². The molecule has 0 aliphatic heterocycles. The average Bonchev–Trinajstić information content (AvgIpc) is 3.05. The predicted octanol–water partition coefficient (Wildman–Crippen LogP) is 5.24. The van der Waals surface area contributed by atoms with Crippen molar-refractivity contribution in [3.8, 4) is 17.3 Å². The number of rotatable bonds is 5. The van der Waals surface area contributed by atoms with Crippen LogP contribution < -0.4 is 0 Å². The van der Waals surface area contributed by atoms with Gasteiger partial charge in [-0.2, -0.15) is 5.26 Å². The molecule has 0 spiro atoms. The number of halogens is 1. The zero-order valence-corrected chi connectivity index (χ0v) is 18.7. The van der Waals surface area contributed by atoms with Crippen LogP contribution in [0.5, 0.6) is 0 Å². The normalized spacial score (nSPS) is 11.5. The van der Waals surface area contributed by atoms with Crippen LogP contribution in [0.4, 0.5) is 0 Å². The Morgan fingerprint density at radius 2 is 1.97 bits per heavy atom. The van der Waals surface area contributed by atoms with Crippen molar-refractivity contribution in [2.24, 2.45) is 0 Å². The Balaban J connectivity index is 1.95. The van der Waals surface area contributed by atoms with Gasteiger partial charge in [0.15, 0.2) is 9.84 Å². The van der Waals surface area contributed by atoms with Gasteiger partial charge < -0.3 is 4.57 Å². The van der Waals surface area contributed by atoms with Crippen molar-refractivity contribution in [1.29, 1.82) is 5.26 Å². The third-order valence-corrected chi connectivity index (χ3v) is 6.71. The summed E-state index contributed by atoms with van der Waals surface area (Å²) in [5, 5.41) is 11.2. The lowest BCUT2D eigenvalue weighted by Crippen LogP contribution is -2.05. The van der Waals surface area contributed by atoms with Crippen molar-refractivity contribution in [2.75, 3.05) is 6.26 Å². The maximum Gasteiger partial charge on any atom is 0.176 e. The molecule has 5 nitrogen and oxygen atoms in total. The summed E-state index contributed by atoms with van der Waals surface area (Å²) in [5.41, 5.74) is 5.20. The molecule has 0 atom stereocenters. The molecule has 0 bridgehead atoms. The van der Waals surface area contributed by atoms with Crippen LogP contribution in [0.1, 0.15) is 23.6 Å². The number of hydrogen-bond donors (Lipinski definition) is 0. The molecular formula is C24H20ClN3O2S. The van der Waals surface area contributed by atoms with E-state index in [4.69, 9.17) is 11.6 Å². The minimum absolute atomic E-state index is 0.0460. The summed E-state index contributed by atoms with van der Waals surface area (Å²) in [7, 11) is -3.48. The topological polar surface area (TPSA) is 75.8 Å². The molecule has 7 heteroatoms. The van der Waals surface area contributed by atoms with Gasteiger partial charge in [-0.3, -0.25) is 4.98 Å². The van der Waals surface area contributed by atoms with Gasteiger partial charge in [0.25, 0.3) is 0 Å². The first-order chi connectivity index (χ1) is 14.8. The van der Waals surface area contributed by atoms with Crippen molar-refractivity contribution >= 4 is 32.3 Å².